The first-order valence-electron chi connectivity index (χ1n) is 10.6. The van der Waals surface area contributed by atoms with Gasteiger partial charge in [-0.05, 0) is 42.5 Å². The van der Waals surface area contributed by atoms with Gasteiger partial charge in [0.15, 0.2) is 0 Å². The van der Waals surface area contributed by atoms with Crippen molar-refractivity contribution in [1.29, 1.82) is 0 Å². The quantitative estimate of drug-likeness (QED) is 0.427. The molecule has 2 aromatic carbocycles. The van der Waals surface area contributed by atoms with Gasteiger partial charge in [0.05, 0.1) is 6.04 Å². The third kappa shape index (κ3) is 6.89. The summed E-state index contributed by atoms with van der Waals surface area (Å²) in [5.41, 5.74) is 1.12. The molecule has 1 amide bonds. The smallest absolute Gasteiger partial charge is 0.407 e. The number of alkyl carbamates (subject to hydrolysis) is 1. The van der Waals surface area contributed by atoms with Crippen molar-refractivity contribution in [3.8, 4) is 0 Å². The zero-order chi connectivity index (χ0) is 19.5. The Morgan fingerprint density at radius 3 is 2.44 bits per heavy atom. The van der Waals surface area contributed by atoms with Crippen LogP contribution in [-0.4, -0.2) is 12.2 Å². The fraction of sp³-hybridized carbons (Fsp3) is 0.542. The van der Waals surface area contributed by atoms with Crippen LogP contribution in [0.25, 0.3) is 10.8 Å². The van der Waals surface area contributed by atoms with E-state index in [4.69, 9.17) is 4.74 Å². The molecule has 148 valence electrons. The zero-order valence-corrected chi connectivity index (χ0v) is 17.2. The summed E-state index contributed by atoms with van der Waals surface area (Å²) in [6, 6.07) is 14.4. The number of carbonyl (C=O) groups excluding carboxylic acids is 1. The molecule has 3 heteroatoms. The SMILES string of the molecule is CCCCCCCC(CCC)OC(=O)NC(C)c1cccc2ccccc12. The van der Waals surface area contributed by atoms with Crippen molar-refractivity contribution in [3.05, 3.63) is 48.0 Å². The molecule has 3 nitrogen and oxygen atoms in total. The van der Waals surface area contributed by atoms with Crippen molar-refractivity contribution in [1.82, 2.24) is 5.32 Å². The Balaban J connectivity index is 1.89. The lowest BCUT2D eigenvalue weighted by Crippen LogP contribution is -2.31. The maximum absolute atomic E-state index is 12.4. The van der Waals surface area contributed by atoms with Gasteiger partial charge in [-0.25, -0.2) is 4.79 Å². The van der Waals surface area contributed by atoms with Crippen LogP contribution < -0.4 is 5.32 Å². The van der Waals surface area contributed by atoms with Gasteiger partial charge in [-0.15, -0.1) is 0 Å². The van der Waals surface area contributed by atoms with Crippen LogP contribution in [0.5, 0.6) is 0 Å². The van der Waals surface area contributed by atoms with Crippen molar-refractivity contribution in [2.45, 2.75) is 84.3 Å². The number of ether oxygens (including phenoxy) is 1. The Bertz CT molecular complexity index is 692. The summed E-state index contributed by atoms with van der Waals surface area (Å²) >= 11 is 0. The van der Waals surface area contributed by atoms with Crippen LogP contribution in [0.2, 0.25) is 0 Å². The molecule has 2 atom stereocenters. The van der Waals surface area contributed by atoms with E-state index in [1.165, 1.54) is 36.5 Å². The molecule has 0 radical (unpaired) electrons. The number of hydrogen-bond acceptors (Lipinski definition) is 2. The topological polar surface area (TPSA) is 38.3 Å². The van der Waals surface area contributed by atoms with Crippen molar-refractivity contribution in [2.24, 2.45) is 0 Å². The van der Waals surface area contributed by atoms with Crippen molar-refractivity contribution in [2.75, 3.05) is 0 Å². The molecule has 2 unspecified atom stereocenters. The molecule has 0 saturated carbocycles. The van der Waals surface area contributed by atoms with E-state index in [0.29, 0.717) is 0 Å². The molecule has 0 aliphatic carbocycles. The summed E-state index contributed by atoms with van der Waals surface area (Å²) < 4.78 is 5.75. The van der Waals surface area contributed by atoms with Gasteiger partial charge in [-0.2, -0.15) is 0 Å². The fourth-order valence-corrected chi connectivity index (χ4v) is 3.63. The molecule has 0 heterocycles. The van der Waals surface area contributed by atoms with E-state index in [-0.39, 0.29) is 18.2 Å². The van der Waals surface area contributed by atoms with Gasteiger partial charge < -0.3 is 10.1 Å². The molecule has 2 aromatic rings. The predicted molar refractivity (Wildman–Crippen MR) is 114 cm³/mol. The summed E-state index contributed by atoms with van der Waals surface area (Å²) in [6.07, 6.45) is 8.84. The van der Waals surface area contributed by atoms with E-state index < -0.39 is 0 Å². The highest BCUT2D eigenvalue weighted by atomic mass is 16.6. The second kappa shape index (κ2) is 11.6. The van der Waals surface area contributed by atoms with Crippen LogP contribution in [-0.2, 0) is 4.74 Å². The average molecular weight is 370 g/mol. The highest BCUT2D eigenvalue weighted by Gasteiger charge is 2.17. The third-order valence-electron chi connectivity index (χ3n) is 5.14. The van der Waals surface area contributed by atoms with Crippen molar-refractivity contribution >= 4 is 16.9 Å². The van der Waals surface area contributed by atoms with Gasteiger partial charge in [0.2, 0.25) is 0 Å². The Kier molecular flexibility index (Phi) is 9.17. The highest BCUT2D eigenvalue weighted by molar-refractivity contribution is 5.86. The van der Waals surface area contributed by atoms with E-state index >= 15 is 0 Å². The molecular formula is C24H35NO2. The lowest BCUT2D eigenvalue weighted by atomic mass is 10.00. The third-order valence-corrected chi connectivity index (χ3v) is 5.14. The molecule has 0 saturated heterocycles. The lowest BCUT2D eigenvalue weighted by molar-refractivity contribution is 0.0831. The Morgan fingerprint density at radius 1 is 0.926 bits per heavy atom. The summed E-state index contributed by atoms with van der Waals surface area (Å²) in [5.74, 6) is 0. The predicted octanol–water partition coefficient (Wildman–Crippen LogP) is 7.16. The van der Waals surface area contributed by atoms with Gasteiger partial charge >= 0.3 is 6.09 Å². The second-order valence-electron chi connectivity index (χ2n) is 7.45. The number of rotatable bonds is 11. The molecule has 0 aromatic heterocycles. The van der Waals surface area contributed by atoms with E-state index in [9.17, 15) is 4.79 Å². The minimum Gasteiger partial charge on any atom is -0.446 e. The number of benzene rings is 2. The van der Waals surface area contributed by atoms with E-state index in [2.05, 4.69) is 43.4 Å². The van der Waals surface area contributed by atoms with Crippen molar-refractivity contribution in [3.63, 3.8) is 0 Å². The van der Waals surface area contributed by atoms with Crippen LogP contribution in [0, 0.1) is 0 Å². The van der Waals surface area contributed by atoms with Crippen molar-refractivity contribution < 1.29 is 9.53 Å². The first-order valence-corrected chi connectivity index (χ1v) is 10.6. The molecule has 1 N–H and O–H groups in total. The Labute approximate surface area is 164 Å². The highest BCUT2D eigenvalue weighted by Crippen LogP contribution is 2.24. The van der Waals surface area contributed by atoms with Gasteiger partial charge in [0, 0.05) is 0 Å². The van der Waals surface area contributed by atoms with Gasteiger partial charge in [-0.3, -0.25) is 0 Å². The molecule has 0 bridgehead atoms. The number of amides is 1. The Morgan fingerprint density at radius 2 is 1.67 bits per heavy atom. The van der Waals surface area contributed by atoms with E-state index in [1.54, 1.807) is 0 Å². The number of fused-ring (bicyclic) bond motifs is 1. The number of unbranched alkanes of at least 4 members (excludes halogenated alkanes) is 4. The second-order valence-corrected chi connectivity index (χ2v) is 7.45. The van der Waals surface area contributed by atoms with Crippen LogP contribution in [0.3, 0.4) is 0 Å². The number of hydrogen-bond donors (Lipinski definition) is 1. The number of carbonyl (C=O) groups is 1. The molecule has 0 spiro atoms. The summed E-state index contributed by atoms with van der Waals surface area (Å²) in [6.45, 7) is 6.39. The first-order chi connectivity index (χ1) is 13.2. The van der Waals surface area contributed by atoms with Crippen LogP contribution >= 0.6 is 0 Å². The number of nitrogens with one attached hydrogen (secondary N) is 1. The maximum Gasteiger partial charge on any atom is 0.407 e. The molecule has 2 rings (SSSR count). The average Bonchev–Trinajstić information content (AvgIpc) is 2.67. The molecule has 0 aliphatic heterocycles. The normalized spacial score (nSPS) is 13.3. The van der Waals surface area contributed by atoms with Gasteiger partial charge in [0.1, 0.15) is 6.10 Å². The van der Waals surface area contributed by atoms with Gasteiger partial charge in [0.25, 0.3) is 0 Å². The summed E-state index contributed by atoms with van der Waals surface area (Å²) in [4.78, 5) is 12.4. The molecule has 0 aliphatic rings. The minimum atomic E-state index is -0.303. The monoisotopic (exact) mass is 369 g/mol. The fourth-order valence-electron chi connectivity index (χ4n) is 3.63. The van der Waals surface area contributed by atoms with E-state index in [1.807, 2.05) is 25.1 Å². The summed E-state index contributed by atoms with van der Waals surface area (Å²) in [5, 5.41) is 5.39. The lowest BCUT2D eigenvalue weighted by Gasteiger charge is -2.21. The Hall–Kier alpha value is -2.03. The molecular weight excluding hydrogens is 334 g/mol. The van der Waals surface area contributed by atoms with E-state index in [0.717, 1.165) is 31.2 Å². The molecule has 27 heavy (non-hydrogen) atoms. The standard InChI is InChI=1S/C24H35NO2/c1-4-6-7-8-9-16-21(13-5-2)27-24(26)25-19(3)22-18-12-15-20-14-10-11-17-23(20)22/h10-12,14-15,17-19,21H,4-9,13,16H2,1-3H3,(H,25,26). The van der Waals surface area contributed by atoms with Gasteiger partial charge in [-0.1, -0.05) is 88.4 Å². The zero-order valence-electron chi connectivity index (χ0n) is 17.2. The van der Waals surface area contributed by atoms with Crippen LogP contribution in [0.15, 0.2) is 42.5 Å². The molecule has 0 fully saturated rings. The maximum atomic E-state index is 12.4. The first kappa shape index (κ1) is 21.3. The van der Waals surface area contributed by atoms with Crippen LogP contribution in [0.4, 0.5) is 4.79 Å². The summed E-state index contributed by atoms with van der Waals surface area (Å²) in [7, 11) is 0. The largest absolute Gasteiger partial charge is 0.446 e. The van der Waals surface area contributed by atoms with Crippen LogP contribution in [0.1, 0.15) is 83.7 Å². The minimum absolute atomic E-state index is 0.0244.